The van der Waals surface area contributed by atoms with Crippen LogP contribution in [0.4, 0.5) is 0 Å². The smallest absolute Gasteiger partial charge is 0.332 e. The van der Waals surface area contributed by atoms with E-state index in [-0.39, 0.29) is 13.2 Å². The van der Waals surface area contributed by atoms with Gasteiger partial charge < -0.3 is 14.2 Å². The summed E-state index contributed by atoms with van der Waals surface area (Å²) in [5, 5.41) is 0. The SMILES string of the molecule is C#CC1(OCC(=O)OCc2ccccc2)COC1. The van der Waals surface area contributed by atoms with Gasteiger partial charge in [-0.1, -0.05) is 36.3 Å². The van der Waals surface area contributed by atoms with Gasteiger partial charge in [0.2, 0.25) is 0 Å². The second-order valence-electron chi connectivity index (χ2n) is 4.07. The molecule has 1 aromatic rings. The molecule has 0 amide bonds. The first-order chi connectivity index (χ1) is 8.74. The Bertz CT molecular complexity index is 443. The van der Waals surface area contributed by atoms with Crippen LogP contribution in [0.2, 0.25) is 0 Å². The molecule has 2 rings (SSSR count). The van der Waals surface area contributed by atoms with Crippen LogP contribution in [0.15, 0.2) is 30.3 Å². The van der Waals surface area contributed by atoms with Crippen molar-refractivity contribution < 1.29 is 19.0 Å². The third-order valence-corrected chi connectivity index (χ3v) is 2.64. The lowest BCUT2D eigenvalue weighted by Crippen LogP contribution is -2.51. The summed E-state index contributed by atoms with van der Waals surface area (Å²) in [5.74, 6) is 2.06. The van der Waals surface area contributed by atoms with Gasteiger partial charge >= 0.3 is 5.97 Å². The monoisotopic (exact) mass is 246 g/mol. The van der Waals surface area contributed by atoms with Gasteiger partial charge in [-0.15, -0.1) is 6.42 Å². The van der Waals surface area contributed by atoms with Crippen molar-refractivity contribution in [1.82, 2.24) is 0 Å². The summed E-state index contributed by atoms with van der Waals surface area (Å²) < 4.78 is 15.4. The second-order valence-corrected chi connectivity index (χ2v) is 4.07. The molecular formula is C14H14O4. The first kappa shape index (κ1) is 12.6. The van der Waals surface area contributed by atoms with Crippen molar-refractivity contribution in [2.75, 3.05) is 19.8 Å². The quantitative estimate of drug-likeness (QED) is 0.577. The van der Waals surface area contributed by atoms with E-state index in [9.17, 15) is 4.79 Å². The highest BCUT2D eigenvalue weighted by atomic mass is 16.6. The van der Waals surface area contributed by atoms with Gasteiger partial charge in [-0.3, -0.25) is 0 Å². The Morgan fingerprint density at radius 1 is 1.39 bits per heavy atom. The van der Waals surface area contributed by atoms with E-state index >= 15 is 0 Å². The zero-order valence-electron chi connectivity index (χ0n) is 9.93. The molecule has 1 aromatic carbocycles. The van der Waals surface area contributed by atoms with Crippen LogP contribution in [0.1, 0.15) is 5.56 Å². The minimum Gasteiger partial charge on any atom is -0.459 e. The number of terminal acetylenes is 1. The van der Waals surface area contributed by atoms with Gasteiger partial charge in [-0.2, -0.15) is 0 Å². The van der Waals surface area contributed by atoms with Gasteiger partial charge in [0, 0.05) is 0 Å². The molecule has 0 aliphatic carbocycles. The molecule has 1 heterocycles. The molecule has 0 N–H and O–H groups in total. The van der Waals surface area contributed by atoms with Gasteiger partial charge in [-0.25, -0.2) is 4.79 Å². The van der Waals surface area contributed by atoms with E-state index in [0.717, 1.165) is 5.56 Å². The summed E-state index contributed by atoms with van der Waals surface area (Å²) in [6, 6.07) is 9.45. The maximum Gasteiger partial charge on any atom is 0.332 e. The van der Waals surface area contributed by atoms with E-state index in [0.29, 0.717) is 13.2 Å². The van der Waals surface area contributed by atoms with Crippen LogP contribution in [0, 0.1) is 12.3 Å². The molecular weight excluding hydrogens is 232 g/mol. The average Bonchev–Trinajstić information content (AvgIpc) is 2.37. The van der Waals surface area contributed by atoms with Crippen molar-refractivity contribution in [2.45, 2.75) is 12.2 Å². The Kier molecular flexibility index (Phi) is 3.98. The summed E-state index contributed by atoms with van der Waals surface area (Å²) in [6.07, 6.45) is 5.31. The van der Waals surface area contributed by atoms with E-state index in [1.807, 2.05) is 30.3 Å². The number of esters is 1. The van der Waals surface area contributed by atoms with Gasteiger partial charge in [0.05, 0.1) is 13.2 Å². The molecule has 4 heteroatoms. The van der Waals surface area contributed by atoms with Gasteiger partial charge in [0.25, 0.3) is 0 Å². The molecule has 0 bridgehead atoms. The van der Waals surface area contributed by atoms with Crippen LogP contribution < -0.4 is 0 Å². The molecule has 18 heavy (non-hydrogen) atoms. The van der Waals surface area contributed by atoms with E-state index in [1.165, 1.54) is 0 Å². The highest BCUT2D eigenvalue weighted by Crippen LogP contribution is 2.20. The fourth-order valence-electron chi connectivity index (χ4n) is 1.47. The molecule has 94 valence electrons. The minimum absolute atomic E-state index is 0.152. The molecule has 0 spiro atoms. The topological polar surface area (TPSA) is 44.8 Å². The van der Waals surface area contributed by atoms with Crippen LogP contribution in [0.5, 0.6) is 0 Å². The highest BCUT2D eigenvalue weighted by molar-refractivity contribution is 5.70. The van der Waals surface area contributed by atoms with Gasteiger partial charge in [0.1, 0.15) is 13.2 Å². The predicted octanol–water partition coefficient (Wildman–Crippen LogP) is 1.15. The van der Waals surface area contributed by atoms with E-state index in [4.69, 9.17) is 20.6 Å². The molecule has 0 saturated carbocycles. The number of benzene rings is 1. The zero-order valence-corrected chi connectivity index (χ0v) is 9.93. The lowest BCUT2D eigenvalue weighted by atomic mass is 10.0. The van der Waals surface area contributed by atoms with Crippen LogP contribution in [-0.4, -0.2) is 31.4 Å². The Labute approximate surface area is 106 Å². The number of carbonyl (C=O) groups is 1. The molecule has 1 saturated heterocycles. The zero-order chi connectivity index (χ0) is 12.8. The van der Waals surface area contributed by atoms with E-state index < -0.39 is 11.6 Å². The van der Waals surface area contributed by atoms with Gasteiger partial charge in [0.15, 0.2) is 5.60 Å². The number of carbonyl (C=O) groups excluding carboxylic acids is 1. The normalized spacial score (nSPS) is 16.4. The molecule has 1 fully saturated rings. The maximum atomic E-state index is 11.5. The van der Waals surface area contributed by atoms with Crippen molar-refractivity contribution in [1.29, 1.82) is 0 Å². The van der Waals surface area contributed by atoms with E-state index in [2.05, 4.69) is 5.92 Å². The highest BCUT2D eigenvalue weighted by Gasteiger charge is 2.38. The molecule has 4 nitrogen and oxygen atoms in total. The Morgan fingerprint density at radius 3 is 2.67 bits per heavy atom. The third kappa shape index (κ3) is 3.10. The lowest BCUT2D eigenvalue weighted by molar-refractivity contribution is -0.189. The number of hydrogen-bond acceptors (Lipinski definition) is 4. The van der Waals surface area contributed by atoms with Gasteiger partial charge in [-0.05, 0) is 5.56 Å². The Morgan fingerprint density at radius 2 is 2.11 bits per heavy atom. The molecule has 1 aliphatic heterocycles. The number of rotatable bonds is 5. The molecule has 0 radical (unpaired) electrons. The van der Waals surface area contributed by atoms with Crippen molar-refractivity contribution >= 4 is 5.97 Å². The van der Waals surface area contributed by atoms with Crippen molar-refractivity contribution in [2.24, 2.45) is 0 Å². The predicted molar refractivity (Wildman–Crippen MR) is 64.6 cm³/mol. The molecule has 0 aromatic heterocycles. The third-order valence-electron chi connectivity index (χ3n) is 2.64. The fraction of sp³-hybridized carbons (Fsp3) is 0.357. The number of hydrogen-bond donors (Lipinski definition) is 0. The summed E-state index contributed by atoms with van der Waals surface area (Å²) in [4.78, 5) is 11.5. The summed E-state index contributed by atoms with van der Waals surface area (Å²) >= 11 is 0. The molecule has 1 aliphatic rings. The van der Waals surface area contributed by atoms with Crippen molar-refractivity contribution in [3.8, 4) is 12.3 Å². The number of ether oxygens (including phenoxy) is 3. The standard InChI is InChI=1S/C14H14O4/c1-2-14(10-16-11-14)18-9-13(15)17-8-12-6-4-3-5-7-12/h1,3-7H,8-11H2. The first-order valence-corrected chi connectivity index (χ1v) is 5.63. The van der Waals surface area contributed by atoms with Crippen LogP contribution in [-0.2, 0) is 25.6 Å². The van der Waals surface area contributed by atoms with Crippen molar-refractivity contribution in [3.63, 3.8) is 0 Å². The second kappa shape index (κ2) is 5.67. The maximum absolute atomic E-state index is 11.5. The summed E-state index contributed by atoms with van der Waals surface area (Å²) in [7, 11) is 0. The lowest BCUT2D eigenvalue weighted by Gasteiger charge is -2.35. The Hall–Kier alpha value is -1.83. The summed E-state index contributed by atoms with van der Waals surface area (Å²) in [5.41, 5.74) is 0.190. The van der Waals surface area contributed by atoms with Crippen LogP contribution >= 0.6 is 0 Å². The summed E-state index contributed by atoms with van der Waals surface area (Å²) in [6.45, 7) is 0.744. The molecule has 0 atom stereocenters. The van der Waals surface area contributed by atoms with Crippen molar-refractivity contribution in [3.05, 3.63) is 35.9 Å². The molecule has 0 unspecified atom stereocenters. The van der Waals surface area contributed by atoms with Crippen LogP contribution in [0.3, 0.4) is 0 Å². The largest absolute Gasteiger partial charge is 0.459 e. The first-order valence-electron chi connectivity index (χ1n) is 5.63. The van der Waals surface area contributed by atoms with Crippen LogP contribution in [0.25, 0.3) is 0 Å². The van der Waals surface area contributed by atoms with E-state index in [1.54, 1.807) is 0 Å². The fourth-order valence-corrected chi connectivity index (χ4v) is 1.47. The average molecular weight is 246 g/mol. The minimum atomic E-state index is -0.744. The Balaban J connectivity index is 1.71.